The largest absolute Gasteiger partial charge is 0.478 e. The summed E-state index contributed by atoms with van der Waals surface area (Å²) in [5.41, 5.74) is 0.558. The van der Waals surface area contributed by atoms with Gasteiger partial charge in [-0.2, -0.15) is 13.2 Å². The molecule has 0 fully saturated rings. The van der Waals surface area contributed by atoms with Gasteiger partial charge in [0.15, 0.2) is 0 Å². The lowest BCUT2D eigenvalue weighted by Gasteiger charge is -2.16. The number of halogens is 3. The van der Waals surface area contributed by atoms with Crippen molar-refractivity contribution in [3.63, 3.8) is 0 Å². The number of aliphatic carboxylic acids is 1. The topological polar surface area (TPSA) is 46.5 Å². The Kier molecular flexibility index (Phi) is 4.40. The van der Waals surface area contributed by atoms with Crippen molar-refractivity contribution in [2.45, 2.75) is 19.2 Å². The predicted molar refractivity (Wildman–Crippen MR) is 73.6 cm³/mol. The summed E-state index contributed by atoms with van der Waals surface area (Å²) in [7, 11) is 0. The number of hydrogen-bond acceptors (Lipinski definition) is 2. The molecule has 0 aliphatic heterocycles. The predicted octanol–water partition coefficient (Wildman–Crippen LogP) is 4.22. The number of rotatable bonds is 4. The molecule has 0 saturated heterocycles. The molecule has 0 saturated carbocycles. The second-order valence-corrected chi connectivity index (χ2v) is 4.77. The highest BCUT2D eigenvalue weighted by molar-refractivity contribution is 5.74. The summed E-state index contributed by atoms with van der Waals surface area (Å²) < 4.78 is 42.7. The van der Waals surface area contributed by atoms with Crippen LogP contribution in [-0.4, -0.2) is 11.1 Å². The Morgan fingerprint density at radius 3 is 2.05 bits per heavy atom. The first-order valence-corrected chi connectivity index (χ1v) is 6.40. The first-order valence-electron chi connectivity index (χ1n) is 6.40. The Morgan fingerprint density at radius 2 is 1.59 bits per heavy atom. The number of benzene rings is 2. The van der Waals surface area contributed by atoms with Crippen LogP contribution in [0.4, 0.5) is 13.2 Å². The van der Waals surface area contributed by atoms with Gasteiger partial charge in [0.25, 0.3) is 0 Å². The molecule has 0 aromatic heterocycles. The number of carbonyl (C=O) groups is 1. The molecule has 2 rings (SSSR count). The summed E-state index contributed by atoms with van der Waals surface area (Å²) in [6, 6.07) is 10.6. The molecular weight excluding hydrogens is 297 g/mol. The molecule has 0 spiro atoms. The van der Waals surface area contributed by atoms with Crippen LogP contribution in [0, 0.1) is 6.92 Å². The van der Waals surface area contributed by atoms with Gasteiger partial charge < -0.3 is 9.84 Å². The second kappa shape index (κ2) is 6.09. The highest BCUT2D eigenvalue weighted by Crippen LogP contribution is 2.31. The van der Waals surface area contributed by atoms with Crippen molar-refractivity contribution < 1.29 is 27.8 Å². The summed E-state index contributed by atoms with van der Waals surface area (Å²) in [5, 5.41) is 9.24. The van der Waals surface area contributed by atoms with Crippen LogP contribution < -0.4 is 4.74 Å². The fraction of sp³-hybridized carbons (Fsp3) is 0.188. The van der Waals surface area contributed by atoms with E-state index in [1.165, 1.54) is 0 Å². The summed E-state index contributed by atoms with van der Waals surface area (Å²) in [6.45, 7) is 1.86. The average molecular weight is 310 g/mol. The first-order chi connectivity index (χ1) is 10.3. The lowest BCUT2D eigenvalue weighted by molar-refractivity contribution is -0.145. The molecule has 2 aromatic carbocycles. The molecule has 116 valence electrons. The van der Waals surface area contributed by atoms with Gasteiger partial charge in [-0.15, -0.1) is 0 Å². The minimum Gasteiger partial charge on any atom is -0.478 e. The van der Waals surface area contributed by atoms with Crippen molar-refractivity contribution in [2.75, 3.05) is 0 Å². The number of carboxylic acids is 1. The Balaban J connectivity index is 2.21. The van der Waals surface area contributed by atoms with Gasteiger partial charge in [0.2, 0.25) is 6.10 Å². The first kappa shape index (κ1) is 15.9. The van der Waals surface area contributed by atoms with Gasteiger partial charge in [0.1, 0.15) is 5.75 Å². The molecule has 22 heavy (non-hydrogen) atoms. The van der Waals surface area contributed by atoms with Gasteiger partial charge in [-0.1, -0.05) is 29.8 Å². The average Bonchev–Trinajstić information content (AvgIpc) is 2.45. The van der Waals surface area contributed by atoms with Gasteiger partial charge in [-0.3, -0.25) is 0 Å². The molecule has 0 bridgehead atoms. The van der Waals surface area contributed by atoms with E-state index in [0.717, 1.165) is 29.8 Å². The van der Waals surface area contributed by atoms with E-state index in [-0.39, 0.29) is 5.75 Å². The fourth-order valence-corrected chi connectivity index (χ4v) is 1.86. The minimum absolute atomic E-state index is 0.0565. The van der Waals surface area contributed by atoms with E-state index in [1.807, 2.05) is 6.92 Å². The molecule has 2 aromatic rings. The third-order valence-electron chi connectivity index (χ3n) is 3.04. The zero-order chi connectivity index (χ0) is 16.3. The van der Waals surface area contributed by atoms with Crippen LogP contribution in [-0.2, 0) is 11.0 Å². The highest BCUT2D eigenvalue weighted by Gasteiger charge is 2.30. The van der Waals surface area contributed by atoms with Crippen molar-refractivity contribution in [3.05, 3.63) is 65.2 Å². The van der Waals surface area contributed by atoms with Crippen LogP contribution in [0.5, 0.6) is 5.75 Å². The van der Waals surface area contributed by atoms with Crippen LogP contribution in [0.15, 0.2) is 48.5 Å². The van der Waals surface area contributed by atoms with Gasteiger partial charge in [0, 0.05) is 5.56 Å². The molecule has 1 atom stereocenters. The molecule has 0 heterocycles. The molecule has 0 radical (unpaired) electrons. The maximum absolute atomic E-state index is 12.5. The summed E-state index contributed by atoms with van der Waals surface area (Å²) in [6.07, 6.45) is -5.72. The van der Waals surface area contributed by atoms with Gasteiger partial charge >= 0.3 is 12.1 Å². The second-order valence-electron chi connectivity index (χ2n) is 4.77. The minimum atomic E-state index is -4.44. The lowest BCUT2D eigenvalue weighted by Crippen LogP contribution is -2.18. The normalized spacial score (nSPS) is 12.7. The van der Waals surface area contributed by atoms with E-state index in [2.05, 4.69) is 0 Å². The summed E-state index contributed by atoms with van der Waals surface area (Å²) in [4.78, 5) is 11.3. The molecule has 1 N–H and O–H groups in total. The quantitative estimate of drug-likeness (QED) is 0.919. The maximum atomic E-state index is 12.5. The number of carboxylic acid groups (broad SMARTS) is 1. The zero-order valence-corrected chi connectivity index (χ0v) is 11.6. The third kappa shape index (κ3) is 3.78. The molecule has 0 amide bonds. The van der Waals surface area contributed by atoms with Crippen LogP contribution in [0.25, 0.3) is 0 Å². The van der Waals surface area contributed by atoms with Crippen molar-refractivity contribution >= 4 is 5.97 Å². The van der Waals surface area contributed by atoms with Gasteiger partial charge in [-0.05, 0) is 31.2 Å². The SMILES string of the molecule is Cc1ccc(C(Oc2ccc(C(F)(F)F)cc2)C(=O)O)cc1. The molecule has 0 aliphatic carbocycles. The van der Waals surface area contributed by atoms with E-state index in [1.54, 1.807) is 24.3 Å². The van der Waals surface area contributed by atoms with Crippen molar-refractivity contribution in [1.82, 2.24) is 0 Å². The summed E-state index contributed by atoms with van der Waals surface area (Å²) >= 11 is 0. The lowest BCUT2D eigenvalue weighted by atomic mass is 10.1. The van der Waals surface area contributed by atoms with Crippen LogP contribution in [0.1, 0.15) is 22.8 Å². The van der Waals surface area contributed by atoms with Gasteiger partial charge in [0.05, 0.1) is 5.56 Å². The van der Waals surface area contributed by atoms with E-state index in [0.29, 0.717) is 5.56 Å². The monoisotopic (exact) mass is 310 g/mol. The highest BCUT2D eigenvalue weighted by atomic mass is 19.4. The Bertz CT molecular complexity index is 646. The van der Waals surface area contributed by atoms with Crippen LogP contribution in [0.2, 0.25) is 0 Å². The maximum Gasteiger partial charge on any atom is 0.416 e. The van der Waals surface area contributed by atoms with E-state index >= 15 is 0 Å². The fourth-order valence-electron chi connectivity index (χ4n) is 1.86. The smallest absolute Gasteiger partial charge is 0.416 e. The van der Waals surface area contributed by atoms with Gasteiger partial charge in [-0.25, -0.2) is 4.79 Å². The van der Waals surface area contributed by atoms with E-state index in [9.17, 15) is 23.1 Å². The number of alkyl halides is 3. The Labute approximate surface area is 125 Å². The summed E-state index contributed by atoms with van der Waals surface area (Å²) in [5.74, 6) is -1.16. The van der Waals surface area contributed by atoms with E-state index in [4.69, 9.17) is 4.74 Å². The van der Waals surface area contributed by atoms with E-state index < -0.39 is 23.8 Å². The standard InChI is InChI=1S/C16H13F3O3/c1-10-2-4-11(5-3-10)14(15(20)21)22-13-8-6-12(7-9-13)16(17,18)19/h2-9,14H,1H3,(H,20,21). The van der Waals surface area contributed by atoms with Crippen molar-refractivity contribution in [3.8, 4) is 5.75 Å². The molecule has 0 aliphatic rings. The number of aryl methyl sites for hydroxylation is 1. The van der Waals surface area contributed by atoms with Crippen molar-refractivity contribution in [1.29, 1.82) is 0 Å². The number of hydrogen-bond donors (Lipinski definition) is 1. The Hall–Kier alpha value is -2.50. The molecule has 1 unspecified atom stereocenters. The Morgan fingerprint density at radius 1 is 1.05 bits per heavy atom. The number of ether oxygens (including phenoxy) is 1. The zero-order valence-electron chi connectivity index (χ0n) is 11.6. The van der Waals surface area contributed by atoms with Crippen LogP contribution >= 0.6 is 0 Å². The van der Waals surface area contributed by atoms with Crippen molar-refractivity contribution in [2.24, 2.45) is 0 Å². The molecular formula is C16H13F3O3. The molecule has 3 nitrogen and oxygen atoms in total. The third-order valence-corrected chi connectivity index (χ3v) is 3.04. The molecule has 6 heteroatoms. The van der Waals surface area contributed by atoms with Crippen LogP contribution in [0.3, 0.4) is 0 Å².